The number of nitrogens with one attached hydrogen (secondary N) is 2. The van der Waals surface area contributed by atoms with E-state index >= 15 is 0 Å². The second kappa shape index (κ2) is 11.9. The van der Waals surface area contributed by atoms with Gasteiger partial charge >= 0.3 is 5.97 Å². The van der Waals surface area contributed by atoms with Gasteiger partial charge in [0.2, 0.25) is 11.8 Å². The number of anilines is 1. The zero-order valence-corrected chi connectivity index (χ0v) is 16.1. The van der Waals surface area contributed by atoms with Gasteiger partial charge in [-0.1, -0.05) is 18.2 Å². The highest BCUT2D eigenvalue weighted by atomic mass is 16.6. The number of esters is 1. The number of carbonyl (C=O) groups excluding carboxylic acids is 3. The summed E-state index contributed by atoms with van der Waals surface area (Å²) in [4.78, 5) is 34.8. The predicted molar refractivity (Wildman–Crippen MR) is 109 cm³/mol. The molecular weight excluding hydrogens is 374 g/mol. The van der Waals surface area contributed by atoms with Crippen LogP contribution in [0, 0.1) is 0 Å². The van der Waals surface area contributed by atoms with Gasteiger partial charge in [0.1, 0.15) is 5.75 Å². The van der Waals surface area contributed by atoms with Crippen LogP contribution in [0.2, 0.25) is 0 Å². The maximum atomic E-state index is 11.8. The van der Waals surface area contributed by atoms with E-state index in [1.165, 1.54) is 6.21 Å². The number of nitrogens with zero attached hydrogens (tertiary/aromatic N) is 1. The van der Waals surface area contributed by atoms with Crippen molar-refractivity contribution in [1.29, 1.82) is 0 Å². The molecule has 0 heterocycles. The Morgan fingerprint density at radius 2 is 1.66 bits per heavy atom. The number of ether oxygens (including phenoxy) is 2. The van der Waals surface area contributed by atoms with E-state index in [1.807, 2.05) is 18.2 Å². The Hall–Kier alpha value is -3.68. The largest absolute Gasteiger partial charge is 0.482 e. The van der Waals surface area contributed by atoms with Gasteiger partial charge in [-0.2, -0.15) is 5.10 Å². The summed E-state index contributed by atoms with van der Waals surface area (Å²) < 4.78 is 10.1. The van der Waals surface area contributed by atoms with Gasteiger partial charge in [-0.3, -0.25) is 9.59 Å². The number of rotatable bonds is 10. The minimum absolute atomic E-state index is 0.0244. The molecule has 2 amide bonds. The fourth-order valence-corrected chi connectivity index (χ4v) is 2.20. The molecule has 0 bridgehead atoms. The number of hydrogen-bond donors (Lipinski definition) is 2. The molecule has 8 nitrogen and oxygen atoms in total. The maximum absolute atomic E-state index is 11.8. The number of benzene rings is 2. The Labute approximate surface area is 168 Å². The summed E-state index contributed by atoms with van der Waals surface area (Å²) in [5, 5.41) is 6.57. The van der Waals surface area contributed by atoms with E-state index in [9.17, 15) is 14.4 Å². The molecule has 2 aromatic rings. The summed E-state index contributed by atoms with van der Waals surface area (Å²) in [7, 11) is 0. The van der Waals surface area contributed by atoms with Gasteiger partial charge in [-0.05, 0) is 48.9 Å². The highest BCUT2D eigenvalue weighted by molar-refractivity contribution is 5.93. The second-order valence-electron chi connectivity index (χ2n) is 5.87. The summed E-state index contributed by atoms with van der Waals surface area (Å²) in [6.07, 6.45) is 1.55. The molecular formula is C21H23N3O5. The maximum Gasteiger partial charge on any atom is 0.344 e. The van der Waals surface area contributed by atoms with Crippen LogP contribution in [0.3, 0.4) is 0 Å². The first kappa shape index (κ1) is 21.6. The summed E-state index contributed by atoms with van der Waals surface area (Å²) >= 11 is 0. The molecule has 29 heavy (non-hydrogen) atoms. The van der Waals surface area contributed by atoms with E-state index in [2.05, 4.69) is 15.8 Å². The third kappa shape index (κ3) is 8.70. The zero-order chi connectivity index (χ0) is 20.9. The van der Waals surface area contributed by atoms with Crippen molar-refractivity contribution in [2.75, 3.05) is 18.5 Å². The lowest BCUT2D eigenvalue weighted by atomic mass is 10.2. The zero-order valence-electron chi connectivity index (χ0n) is 16.1. The summed E-state index contributed by atoms with van der Waals surface area (Å²) in [6.45, 7) is 1.88. The van der Waals surface area contributed by atoms with Crippen LogP contribution in [0.1, 0.15) is 25.3 Å². The van der Waals surface area contributed by atoms with Gasteiger partial charge in [0.05, 0.1) is 12.8 Å². The Morgan fingerprint density at radius 1 is 0.966 bits per heavy atom. The van der Waals surface area contributed by atoms with Gasteiger partial charge in [0.25, 0.3) is 0 Å². The Balaban J connectivity index is 1.68. The fraction of sp³-hybridized carbons (Fsp3) is 0.238. The highest BCUT2D eigenvalue weighted by Crippen LogP contribution is 2.11. The third-order valence-electron chi connectivity index (χ3n) is 3.58. The van der Waals surface area contributed by atoms with Gasteiger partial charge in [-0.15, -0.1) is 0 Å². The Bertz CT molecular complexity index is 835. The van der Waals surface area contributed by atoms with E-state index < -0.39 is 5.97 Å². The van der Waals surface area contributed by atoms with Crippen LogP contribution >= 0.6 is 0 Å². The lowest BCUT2D eigenvalue weighted by molar-refractivity contribution is -0.145. The summed E-state index contributed by atoms with van der Waals surface area (Å²) in [5.41, 5.74) is 3.79. The normalized spacial score (nSPS) is 10.4. The van der Waals surface area contributed by atoms with E-state index in [4.69, 9.17) is 9.47 Å². The van der Waals surface area contributed by atoms with Crippen LogP contribution in [0.15, 0.2) is 59.7 Å². The van der Waals surface area contributed by atoms with E-state index in [0.717, 1.165) is 5.56 Å². The molecule has 0 unspecified atom stereocenters. The van der Waals surface area contributed by atoms with E-state index in [-0.39, 0.29) is 31.3 Å². The number of hydrogen-bond acceptors (Lipinski definition) is 6. The highest BCUT2D eigenvalue weighted by Gasteiger charge is 2.06. The molecule has 0 saturated heterocycles. The van der Waals surface area contributed by atoms with Crippen molar-refractivity contribution in [2.45, 2.75) is 19.8 Å². The van der Waals surface area contributed by atoms with Crippen molar-refractivity contribution in [2.24, 2.45) is 5.10 Å². The van der Waals surface area contributed by atoms with Crippen molar-refractivity contribution in [3.63, 3.8) is 0 Å². The minimum Gasteiger partial charge on any atom is -0.482 e. The second-order valence-corrected chi connectivity index (χ2v) is 5.87. The standard InChI is InChI=1S/C21H23N3O5/c1-2-28-21(27)15-29-18-10-8-16(9-11-18)14-22-24-20(26)13-12-19(25)23-17-6-4-3-5-7-17/h3-11,14H,2,12-13,15H2,1H3,(H,23,25)(H,24,26). The van der Waals surface area contributed by atoms with Gasteiger partial charge in [0, 0.05) is 18.5 Å². The fourth-order valence-electron chi connectivity index (χ4n) is 2.20. The van der Waals surface area contributed by atoms with E-state index in [1.54, 1.807) is 43.3 Å². The first-order valence-electron chi connectivity index (χ1n) is 9.12. The molecule has 0 radical (unpaired) electrons. The lowest BCUT2D eigenvalue weighted by Gasteiger charge is -2.05. The molecule has 0 aliphatic heterocycles. The molecule has 0 fully saturated rings. The molecule has 2 N–H and O–H groups in total. The van der Waals surface area contributed by atoms with E-state index in [0.29, 0.717) is 18.0 Å². The SMILES string of the molecule is CCOC(=O)COc1ccc(C=NNC(=O)CCC(=O)Nc2ccccc2)cc1. The van der Waals surface area contributed by atoms with Crippen molar-refractivity contribution in [3.8, 4) is 5.75 Å². The van der Waals surface area contributed by atoms with Crippen molar-refractivity contribution in [3.05, 3.63) is 60.2 Å². The molecule has 0 saturated carbocycles. The molecule has 152 valence electrons. The van der Waals surface area contributed by atoms with Crippen molar-refractivity contribution < 1.29 is 23.9 Å². The van der Waals surface area contributed by atoms with Gasteiger partial charge < -0.3 is 14.8 Å². The molecule has 2 aromatic carbocycles. The summed E-state index contributed by atoms with van der Waals surface area (Å²) in [5.74, 6) is -0.519. The summed E-state index contributed by atoms with van der Waals surface area (Å²) in [6, 6.07) is 15.8. The first-order chi connectivity index (χ1) is 14.1. The molecule has 0 aromatic heterocycles. The molecule has 0 atom stereocenters. The lowest BCUT2D eigenvalue weighted by Crippen LogP contribution is -2.20. The van der Waals surface area contributed by atoms with Crippen molar-refractivity contribution in [1.82, 2.24) is 5.43 Å². The van der Waals surface area contributed by atoms with Crippen LogP contribution in [-0.2, 0) is 19.1 Å². The Morgan fingerprint density at radius 3 is 2.34 bits per heavy atom. The minimum atomic E-state index is -0.432. The number of amides is 2. The van der Waals surface area contributed by atoms with Crippen molar-refractivity contribution >= 4 is 29.7 Å². The third-order valence-corrected chi connectivity index (χ3v) is 3.58. The molecule has 0 aliphatic carbocycles. The van der Waals surface area contributed by atoms with Crippen LogP contribution in [0.25, 0.3) is 0 Å². The smallest absolute Gasteiger partial charge is 0.344 e. The van der Waals surface area contributed by atoms with Gasteiger partial charge in [0.15, 0.2) is 6.61 Å². The molecule has 0 aliphatic rings. The number of hydrazone groups is 1. The van der Waals surface area contributed by atoms with Crippen LogP contribution in [0.5, 0.6) is 5.75 Å². The van der Waals surface area contributed by atoms with Crippen LogP contribution in [-0.4, -0.2) is 37.2 Å². The quantitative estimate of drug-likeness (QED) is 0.364. The molecule has 0 spiro atoms. The average Bonchev–Trinajstić information content (AvgIpc) is 2.73. The average molecular weight is 397 g/mol. The predicted octanol–water partition coefficient (Wildman–Crippen LogP) is 2.50. The monoisotopic (exact) mass is 397 g/mol. The number of para-hydroxylation sites is 1. The topological polar surface area (TPSA) is 106 Å². The van der Waals surface area contributed by atoms with Crippen LogP contribution < -0.4 is 15.5 Å². The molecule has 2 rings (SSSR count). The Kier molecular flexibility index (Phi) is 8.88. The first-order valence-corrected chi connectivity index (χ1v) is 9.12. The van der Waals surface area contributed by atoms with Crippen LogP contribution in [0.4, 0.5) is 5.69 Å². The van der Waals surface area contributed by atoms with Gasteiger partial charge in [-0.25, -0.2) is 10.2 Å². The molecule has 8 heteroatoms. The number of carbonyl (C=O) groups is 3.